The van der Waals surface area contributed by atoms with E-state index in [0.717, 1.165) is 44.9 Å². The molecule has 12 heteroatoms. The number of aliphatic hydroxyl groups excluding tert-OH is 2. The molecule has 1 unspecified atom stereocenters. The van der Waals surface area contributed by atoms with E-state index in [1.807, 2.05) is 51.5 Å². The number of aliphatic hydroxyl groups is 2. The summed E-state index contributed by atoms with van der Waals surface area (Å²) >= 11 is 0. The standard InChI is InChI=1S/C50H92NO10P/c1-6-8-10-11-12-13-14-15-16-17-18-19-20-21-22-23-27-30-34-40-49(54)58-44-48(45-60-62(56,57)59-43-42-51(3,4)5)61-50(55)41-35-39-47(53)38-33-29-26-24-25-28-32-37-46(52)36-31-9-7-2/h25-26,28-29,32-33,37-38,46-48,52-53H,6-24,27,30-31,34-36,39-45H2,1-5H3/p+1/b28-25-,29-26-,37-32+,38-33+/t46-,47-,48-/m1/s1. The Kier molecular flexibility index (Phi) is 40.2. The smallest absolute Gasteiger partial charge is 0.462 e. The number of hydrogen-bond acceptors (Lipinski definition) is 9. The van der Waals surface area contributed by atoms with Gasteiger partial charge in [-0.05, 0) is 32.1 Å². The van der Waals surface area contributed by atoms with Gasteiger partial charge in [0.1, 0.15) is 19.8 Å². The highest BCUT2D eigenvalue weighted by Gasteiger charge is 2.27. The minimum atomic E-state index is -4.44. The Morgan fingerprint density at radius 2 is 1.00 bits per heavy atom. The van der Waals surface area contributed by atoms with Gasteiger partial charge < -0.3 is 29.1 Å². The van der Waals surface area contributed by atoms with Gasteiger partial charge in [0.15, 0.2) is 6.10 Å². The number of hydrogen-bond donors (Lipinski definition) is 3. The molecule has 0 radical (unpaired) electrons. The van der Waals surface area contributed by atoms with E-state index in [9.17, 15) is 29.3 Å². The average Bonchev–Trinajstić information content (AvgIpc) is 3.21. The number of phosphoric acid groups is 1. The van der Waals surface area contributed by atoms with Crippen LogP contribution in [0.2, 0.25) is 0 Å². The van der Waals surface area contributed by atoms with Crippen LogP contribution < -0.4 is 0 Å². The summed E-state index contributed by atoms with van der Waals surface area (Å²) in [5, 5.41) is 20.3. The first-order valence-electron chi connectivity index (χ1n) is 24.6. The Hall–Kier alpha value is -2.11. The van der Waals surface area contributed by atoms with Crippen molar-refractivity contribution < 1.29 is 52.3 Å². The van der Waals surface area contributed by atoms with Gasteiger partial charge in [-0.25, -0.2) is 4.57 Å². The zero-order valence-electron chi connectivity index (χ0n) is 40.1. The fraction of sp³-hybridized carbons (Fsp3) is 0.800. The molecule has 0 rings (SSSR count). The second-order valence-electron chi connectivity index (χ2n) is 17.9. The first-order valence-corrected chi connectivity index (χ1v) is 26.1. The Labute approximate surface area is 379 Å². The molecule has 0 heterocycles. The number of likely N-dealkylation sites (N-methyl/N-ethyl adjacent to an activating group) is 1. The summed E-state index contributed by atoms with van der Waals surface area (Å²) in [4.78, 5) is 35.5. The molecule has 62 heavy (non-hydrogen) atoms. The number of allylic oxidation sites excluding steroid dienone is 6. The summed E-state index contributed by atoms with van der Waals surface area (Å²) in [5.41, 5.74) is 0. The Morgan fingerprint density at radius 3 is 1.48 bits per heavy atom. The fourth-order valence-electron chi connectivity index (χ4n) is 6.64. The summed E-state index contributed by atoms with van der Waals surface area (Å²) in [5.74, 6) is -1.02. The maximum atomic E-state index is 12.7. The third kappa shape index (κ3) is 44.5. The zero-order valence-corrected chi connectivity index (χ0v) is 41.0. The second kappa shape index (κ2) is 41.6. The van der Waals surface area contributed by atoms with Gasteiger partial charge in [0.25, 0.3) is 0 Å². The molecule has 0 aromatic carbocycles. The van der Waals surface area contributed by atoms with E-state index in [2.05, 4.69) is 13.8 Å². The van der Waals surface area contributed by atoms with Crippen molar-refractivity contribution in [3.05, 3.63) is 48.6 Å². The molecule has 0 aromatic rings. The van der Waals surface area contributed by atoms with Crippen LogP contribution in [0.4, 0.5) is 0 Å². The summed E-state index contributed by atoms with van der Waals surface area (Å²) in [6.45, 7) is 4.07. The van der Waals surface area contributed by atoms with Crippen molar-refractivity contribution in [1.29, 1.82) is 0 Å². The van der Waals surface area contributed by atoms with Crippen molar-refractivity contribution in [3.8, 4) is 0 Å². The van der Waals surface area contributed by atoms with Gasteiger partial charge in [0.2, 0.25) is 0 Å². The van der Waals surface area contributed by atoms with E-state index in [-0.39, 0.29) is 26.1 Å². The van der Waals surface area contributed by atoms with Gasteiger partial charge >= 0.3 is 19.8 Å². The summed E-state index contributed by atoms with van der Waals surface area (Å²) in [7, 11) is 1.33. The Balaban J connectivity index is 4.48. The molecule has 0 aromatic heterocycles. The molecule has 0 aliphatic rings. The second-order valence-corrected chi connectivity index (χ2v) is 19.4. The van der Waals surface area contributed by atoms with Crippen molar-refractivity contribution in [2.45, 2.75) is 212 Å². The van der Waals surface area contributed by atoms with Gasteiger partial charge in [0.05, 0.1) is 40.0 Å². The van der Waals surface area contributed by atoms with Crippen LogP contribution in [-0.2, 0) is 32.7 Å². The fourth-order valence-corrected chi connectivity index (χ4v) is 7.38. The van der Waals surface area contributed by atoms with Gasteiger partial charge in [-0.3, -0.25) is 18.6 Å². The Morgan fingerprint density at radius 1 is 0.565 bits per heavy atom. The number of ether oxygens (including phenoxy) is 2. The highest BCUT2D eigenvalue weighted by atomic mass is 31.2. The lowest BCUT2D eigenvalue weighted by Gasteiger charge is -2.24. The predicted molar refractivity (Wildman–Crippen MR) is 255 cm³/mol. The van der Waals surface area contributed by atoms with Crippen LogP contribution >= 0.6 is 7.82 Å². The van der Waals surface area contributed by atoms with E-state index >= 15 is 0 Å². The molecular weight excluding hydrogens is 806 g/mol. The summed E-state index contributed by atoms with van der Waals surface area (Å²) < 4.78 is 34.2. The molecule has 0 fully saturated rings. The van der Waals surface area contributed by atoms with Crippen molar-refractivity contribution in [1.82, 2.24) is 0 Å². The van der Waals surface area contributed by atoms with Crippen LogP contribution in [0.25, 0.3) is 0 Å². The third-order valence-corrected chi connectivity index (χ3v) is 11.6. The van der Waals surface area contributed by atoms with Gasteiger partial charge in [0, 0.05) is 12.8 Å². The van der Waals surface area contributed by atoms with Crippen molar-refractivity contribution in [2.75, 3.05) is 47.5 Å². The monoisotopic (exact) mass is 899 g/mol. The van der Waals surface area contributed by atoms with Crippen molar-refractivity contribution >= 4 is 19.8 Å². The topological polar surface area (TPSA) is 149 Å². The minimum Gasteiger partial charge on any atom is -0.462 e. The minimum absolute atomic E-state index is 0.00700. The van der Waals surface area contributed by atoms with Crippen LogP contribution in [0, 0.1) is 0 Å². The molecule has 0 bridgehead atoms. The molecule has 0 spiro atoms. The van der Waals surface area contributed by atoms with Crippen LogP contribution in [-0.4, -0.2) is 97.3 Å². The number of carbonyl (C=O) groups is 2. The van der Waals surface area contributed by atoms with Crippen LogP contribution in [0.1, 0.15) is 194 Å². The van der Waals surface area contributed by atoms with Gasteiger partial charge in [-0.2, -0.15) is 0 Å². The van der Waals surface area contributed by atoms with Crippen LogP contribution in [0.15, 0.2) is 48.6 Å². The molecule has 4 atom stereocenters. The lowest BCUT2D eigenvalue weighted by Crippen LogP contribution is -2.37. The lowest BCUT2D eigenvalue weighted by atomic mass is 10.0. The molecule has 0 saturated carbocycles. The molecule has 11 nitrogen and oxygen atoms in total. The lowest BCUT2D eigenvalue weighted by molar-refractivity contribution is -0.870. The number of phosphoric ester groups is 1. The first kappa shape index (κ1) is 59.9. The number of unbranched alkanes of at least 4 members (excludes halogenated alkanes) is 20. The van der Waals surface area contributed by atoms with E-state index < -0.39 is 44.7 Å². The van der Waals surface area contributed by atoms with E-state index in [1.54, 1.807) is 18.2 Å². The number of rotatable bonds is 44. The van der Waals surface area contributed by atoms with E-state index in [0.29, 0.717) is 36.7 Å². The van der Waals surface area contributed by atoms with Gasteiger partial charge in [-0.1, -0.05) is 197 Å². The molecule has 0 saturated heterocycles. The summed E-state index contributed by atoms with van der Waals surface area (Å²) in [6.07, 6.45) is 42.3. The van der Waals surface area contributed by atoms with E-state index in [1.165, 1.54) is 96.3 Å². The number of carbonyl (C=O) groups excluding carboxylic acids is 2. The maximum absolute atomic E-state index is 12.7. The third-order valence-electron chi connectivity index (χ3n) is 10.6. The average molecular weight is 899 g/mol. The van der Waals surface area contributed by atoms with Crippen LogP contribution in [0.3, 0.4) is 0 Å². The Bertz CT molecular complexity index is 1230. The largest absolute Gasteiger partial charge is 0.472 e. The molecule has 0 aliphatic carbocycles. The molecular formula is C50H93NO10P+. The van der Waals surface area contributed by atoms with Crippen molar-refractivity contribution in [3.63, 3.8) is 0 Å². The summed E-state index contributed by atoms with van der Waals surface area (Å²) in [6, 6.07) is 0. The maximum Gasteiger partial charge on any atom is 0.472 e. The van der Waals surface area contributed by atoms with E-state index in [4.69, 9.17) is 18.5 Å². The zero-order chi connectivity index (χ0) is 46.0. The molecule has 0 amide bonds. The van der Waals surface area contributed by atoms with Gasteiger partial charge in [-0.15, -0.1) is 0 Å². The highest BCUT2D eigenvalue weighted by Crippen LogP contribution is 2.43. The number of nitrogens with zero attached hydrogens (tertiary/aromatic N) is 1. The predicted octanol–water partition coefficient (Wildman–Crippen LogP) is 12.2. The highest BCUT2D eigenvalue weighted by molar-refractivity contribution is 7.47. The quantitative estimate of drug-likeness (QED) is 0.0177. The molecule has 0 aliphatic heterocycles. The van der Waals surface area contributed by atoms with Crippen LogP contribution in [0.5, 0.6) is 0 Å². The normalized spacial score (nSPS) is 14.9. The van der Waals surface area contributed by atoms with Crippen molar-refractivity contribution in [2.24, 2.45) is 0 Å². The molecule has 3 N–H and O–H groups in total. The number of quaternary nitrogens is 1. The first-order chi connectivity index (χ1) is 29.8. The SMILES string of the molecule is CCCCCCCCCCCCCCCCCCCCCC(=O)OC[C@H](COP(=O)(O)OCC[N+](C)(C)C)OC(=O)CCC[C@H](O)/C=C/C=C\C/C=C\C=C\[C@H](O)CCCCC. The molecule has 362 valence electrons. The number of esters is 2.